The summed E-state index contributed by atoms with van der Waals surface area (Å²) in [5.41, 5.74) is 7.50. The second-order valence-electron chi connectivity index (χ2n) is 5.15. The van der Waals surface area contributed by atoms with E-state index < -0.39 is 0 Å². The van der Waals surface area contributed by atoms with Crippen LogP contribution in [0.4, 0.5) is 5.69 Å². The van der Waals surface area contributed by atoms with Crippen molar-refractivity contribution in [3.8, 4) is 6.07 Å². The first-order valence-electron chi connectivity index (χ1n) is 7.13. The van der Waals surface area contributed by atoms with E-state index in [0.29, 0.717) is 17.7 Å². The molecule has 1 aliphatic carbocycles. The molecule has 0 saturated heterocycles. The largest absolute Gasteiger partial charge is 0.367 e. The molecule has 1 aromatic heterocycles. The molecule has 4 heteroatoms. The Bertz CT molecular complexity index is 434. The van der Waals surface area contributed by atoms with Gasteiger partial charge in [0, 0.05) is 12.6 Å². The number of pyridine rings is 1. The lowest BCUT2D eigenvalue weighted by Gasteiger charge is -2.40. The summed E-state index contributed by atoms with van der Waals surface area (Å²) in [7, 11) is 0. The van der Waals surface area contributed by atoms with E-state index in [1.807, 2.05) is 12.3 Å². The number of aromatic nitrogens is 1. The molecule has 0 radical (unpaired) electrons. The number of nitrogens with zero attached hydrogens (tertiary/aromatic N) is 3. The van der Waals surface area contributed by atoms with Crippen molar-refractivity contribution in [1.82, 2.24) is 4.98 Å². The van der Waals surface area contributed by atoms with Crippen LogP contribution in [0.5, 0.6) is 0 Å². The Morgan fingerprint density at radius 1 is 1.42 bits per heavy atom. The second kappa shape index (κ2) is 6.53. The molecule has 0 spiro atoms. The normalized spacial score (nSPS) is 22.8. The minimum absolute atomic E-state index is 0.471. The fourth-order valence-corrected chi connectivity index (χ4v) is 3.10. The van der Waals surface area contributed by atoms with Crippen LogP contribution in [0.15, 0.2) is 18.3 Å². The third-order valence-corrected chi connectivity index (χ3v) is 4.11. The molecule has 2 atom stereocenters. The van der Waals surface area contributed by atoms with E-state index in [9.17, 15) is 0 Å². The van der Waals surface area contributed by atoms with E-state index in [-0.39, 0.29) is 0 Å². The first kappa shape index (κ1) is 13.8. The molecule has 1 fully saturated rings. The van der Waals surface area contributed by atoms with Crippen molar-refractivity contribution in [3.63, 3.8) is 0 Å². The number of nitrogens with two attached hydrogens (primary N) is 1. The van der Waals surface area contributed by atoms with Crippen LogP contribution in [-0.2, 0) is 0 Å². The molecule has 1 aliphatic rings. The van der Waals surface area contributed by atoms with Crippen molar-refractivity contribution in [3.05, 3.63) is 24.0 Å². The van der Waals surface area contributed by atoms with Gasteiger partial charge in [-0.25, -0.2) is 4.98 Å². The van der Waals surface area contributed by atoms with E-state index in [4.69, 9.17) is 11.0 Å². The maximum absolute atomic E-state index is 8.81. The molecule has 4 nitrogen and oxygen atoms in total. The SMILES string of the molecule is CCN(c1ccc(C#N)nc1)C1CCCCC1CN. The fraction of sp³-hybridized carbons (Fsp3) is 0.600. The Hall–Kier alpha value is -1.60. The summed E-state index contributed by atoms with van der Waals surface area (Å²) in [5, 5.41) is 8.81. The summed E-state index contributed by atoms with van der Waals surface area (Å²) in [6, 6.07) is 6.36. The van der Waals surface area contributed by atoms with E-state index in [2.05, 4.69) is 22.9 Å². The first-order valence-corrected chi connectivity index (χ1v) is 7.13. The number of hydrogen-bond acceptors (Lipinski definition) is 4. The van der Waals surface area contributed by atoms with Gasteiger partial charge < -0.3 is 10.6 Å². The van der Waals surface area contributed by atoms with Gasteiger partial charge in [-0.1, -0.05) is 12.8 Å². The van der Waals surface area contributed by atoms with Gasteiger partial charge in [-0.05, 0) is 44.4 Å². The van der Waals surface area contributed by atoms with E-state index in [1.54, 1.807) is 6.07 Å². The van der Waals surface area contributed by atoms with E-state index in [0.717, 1.165) is 18.8 Å². The average molecular weight is 258 g/mol. The zero-order valence-corrected chi connectivity index (χ0v) is 11.5. The van der Waals surface area contributed by atoms with Crippen LogP contribution >= 0.6 is 0 Å². The monoisotopic (exact) mass is 258 g/mol. The molecule has 2 unspecified atom stereocenters. The van der Waals surface area contributed by atoms with Crippen LogP contribution in [0.2, 0.25) is 0 Å². The summed E-state index contributed by atoms with van der Waals surface area (Å²) >= 11 is 0. The van der Waals surface area contributed by atoms with Crippen molar-refractivity contribution in [2.75, 3.05) is 18.0 Å². The molecule has 0 amide bonds. The van der Waals surface area contributed by atoms with Gasteiger partial charge >= 0.3 is 0 Å². The molecule has 2 N–H and O–H groups in total. The van der Waals surface area contributed by atoms with Gasteiger partial charge in [0.2, 0.25) is 0 Å². The van der Waals surface area contributed by atoms with Gasteiger partial charge in [-0.3, -0.25) is 0 Å². The van der Waals surface area contributed by atoms with Gasteiger partial charge in [0.15, 0.2) is 0 Å². The Balaban J connectivity index is 2.19. The molecule has 0 aromatic carbocycles. The molecule has 0 aliphatic heterocycles. The Morgan fingerprint density at radius 2 is 2.21 bits per heavy atom. The summed E-state index contributed by atoms with van der Waals surface area (Å²) in [4.78, 5) is 6.57. The topological polar surface area (TPSA) is 65.9 Å². The highest BCUT2D eigenvalue weighted by atomic mass is 15.2. The van der Waals surface area contributed by atoms with Crippen molar-refractivity contribution in [2.45, 2.75) is 38.6 Å². The van der Waals surface area contributed by atoms with Crippen molar-refractivity contribution in [1.29, 1.82) is 5.26 Å². The lowest BCUT2D eigenvalue weighted by molar-refractivity contribution is 0.300. The van der Waals surface area contributed by atoms with Crippen LogP contribution in [0.25, 0.3) is 0 Å². The standard InChI is InChI=1S/C15H22N4/c1-2-19(14-8-7-13(10-17)18-11-14)15-6-4-3-5-12(15)9-16/h7-8,11-12,15H,2-6,9,16H2,1H3. The van der Waals surface area contributed by atoms with Gasteiger partial charge in [0.05, 0.1) is 11.9 Å². The molecule has 1 heterocycles. The maximum atomic E-state index is 8.81. The molecular weight excluding hydrogens is 236 g/mol. The fourth-order valence-electron chi connectivity index (χ4n) is 3.10. The molecule has 0 bridgehead atoms. The smallest absolute Gasteiger partial charge is 0.140 e. The van der Waals surface area contributed by atoms with E-state index in [1.165, 1.54) is 25.7 Å². The Kier molecular flexibility index (Phi) is 4.75. The minimum atomic E-state index is 0.471. The molecule has 102 valence electrons. The summed E-state index contributed by atoms with van der Waals surface area (Å²) in [6.45, 7) is 3.88. The summed E-state index contributed by atoms with van der Waals surface area (Å²) < 4.78 is 0. The third-order valence-electron chi connectivity index (χ3n) is 4.11. The second-order valence-corrected chi connectivity index (χ2v) is 5.15. The number of rotatable bonds is 4. The average Bonchev–Trinajstić information content (AvgIpc) is 2.49. The quantitative estimate of drug-likeness (QED) is 0.900. The highest BCUT2D eigenvalue weighted by molar-refractivity contribution is 5.47. The van der Waals surface area contributed by atoms with Crippen LogP contribution in [-0.4, -0.2) is 24.1 Å². The Morgan fingerprint density at radius 3 is 2.79 bits per heavy atom. The lowest BCUT2D eigenvalue weighted by atomic mass is 9.83. The highest BCUT2D eigenvalue weighted by Gasteiger charge is 2.28. The van der Waals surface area contributed by atoms with Crippen LogP contribution in [0.3, 0.4) is 0 Å². The van der Waals surface area contributed by atoms with Crippen LogP contribution in [0.1, 0.15) is 38.3 Å². The molecule has 1 aromatic rings. The van der Waals surface area contributed by atoms with Gasteiger partial charge in [-0.2, -0.15) is 5.26 Å². The minimum Gasteiger partial charge on any atom is -0.367 e. The molecular formula is C15H22N4. The van der Waals surface area contributed by atoms with Crippen LogP contribution in [0, 0.1) is 17.2 Å². The summed E-state index contributed by atoms with van der Waals surface area (Å²) in [6.07, 6.45) is 6.81. The van der Waals surface area contributed by atoms with E-state index >= 15 is 0 Å². The Labute approximate surface area is 115 Å². The molecule has 1 saturated carbocycles. The van der Waals surface area contributed by atoms with Gasteiger partial charge in [0.1, 0.15) is 11.8 Å². The summed E-state index contributed by atoms with van der Waals surface area (Å²) in [5.74, 6) is 0.573. The lowest BCUT2D eigenvalue weighted by Crippen LogP contribution is -2.45. The first-order chi connectivity index (χ1) is 9.30. The number of anilines is 1. The predicted molar refractivity (Wildman–Crippen MR) is 76.8 cm³/mol. The zero-order valence-electron chi connectivity index (χ0n) is 11.5. The number of nitriles is 1. The number of hydrogen-bond donors (Lipinski definition) is 1. The highest BCUT2D eigenvalue weighted by Crippen LogP contribution is 2.30. The van der Waals surface area contributed by atoms with Gasteiger partial charge in [-0.15, -0.1) is 0 Å². The van der Waals surface area contributed by atoms with Crippen LogP contribution < -0.4 is 10.6 Å². The molecule has 2 rings (SSSR count). The zero-order chi connectivity index (χ0) is 13.7. The predicted octanol–water partition coefficient (Wildman–Crippen LogP) is 2.30. The van der Waals surface area contributed by atoms with Crippen molar-refractivity contribution in [2.24, 2.45) is 11.7 Å². The maximum Gasteiger partial charge on any atom is 0.140 e. The third kappa shape index (κ3) is 3.05. The molecule has 19 heavy (non-hydrogen) atoms. The van der Waals surface area contributed by atoms with Crippen molar-refractivity contribution < 1.29 is 0 Å². The van der Waals surface area contributed by atoms with Gasteiger partial charge in [0.25, 0.3) is 0 Å². The van der Waals surface area contributed by atoms with Crippen molar-refractivity contribution >= 4 is 5.69 Å².